The minimum atomic E-state index is -3.50. The number of anilines is 2. The van der Waals surface area contributed by atoms with Crippen LogP contribution in [-0.4, -0.2) is 80.9 Å². The summed E-state index contributed by atoms with van der Waals surface area (Å²) >= 11 is 0. The van der Waals surface area contributed by atoms with Gasteiger partial charge in [0, 0.05) is 43.3 Å². The van der Waals surface area contributed by atoms with Gasteiger partial charge in [0.25, 0.3) is 5.56 Å². The van der Waals surface area contributed by atoms with E-state index in [-0.39, 0.29) is 5.56 Å². The summed E-state index contributed by atoms with van der Waals surface area (Å²) in [5.74, 6) is 0.977. The maximum atomic E-state index is 12.9. The molecule has 0 bridgehead atoms. The van der Waals surface area contributed by atoms with E-state index < -0.39 is 9.84 Å². The zero-order valence-corrected chi connectivity index (χ0v) is 24.9. The second-order valence-corrected chi connectivity index (χ2v) is 13.4. The molecule has 2 aromatic carbocycles. The molecule has 220 valence electrons. The monoisotopic (exact) mass is 587 g/mol. The molecule has 4 aromatic rings. The summed E-state index contributed by atoms with van der Waals surface area (Å²) in [7, 11) is -1.33. The number of aromatic nitrogens is 2. The number of hydrogen-bond acceptors (Lipinski definition) is 8. The van der Waals surface area contributed by atoms with E-state index in [0.717, 1.165) is 50.3 Å². The molecule has 2 aliphatic heterocycles. The first-order chi connectivity index (χ1) is 20.2. The number of likely N-dealkylation sites (tertiary alicyclic amines) is 1. The Bertz CT molecular complexity index is 1740. The zero-order chi connectivity index (χ0) is 29.3. The first-order valence-corrected chi connectivity index (χ1v) is 16.4. The van der Waals surface area contributed by atoms with E-state index in [0.29, 0.717) is 58.4 Å². The van der Waals surface area contributed by atoms with Gasteiger partial charge >= 0.3 is 0 Å². The number of morpholine rings is 1. The van der Waals surface area contributed by atoms with Crippen molar-refractivity contribution in [2.75, 3.05) is 58.0 Å². The average molecular weight is 588 g/mol. The summed E-state index contributed by atoms with van der Waals surface area (Å²) in [6.45, 7) is 5.55. The SMILES string of the molecule is CN1CCC(c2ccc(Nc3nc(-c4ccc(CN5CCOCC5)c(S(C)(=O)=O)c4)cc4cc[nH]c(=O)c34)cc2)CC1. The van der Waals surface area contributed by atoms with Gasteiger partial charge in [-0.1, -0.05) is 24.3 Å². The first kappa shape index (κ1) is 28.5. The number of ether oxygens (including phenoxy) is 1. The summed E-state index contributed by atoms with van der Waals surface area (Å²) in [6.07, 6.45) is 5.15. The van der Waals surface area contributed by atoms with E-state index in [2.05, 4.69) is 39.3 Å². The lowest BCUT2D eigenvalue weighted by molar-refractivity contribution is 0.0338. The van der Waals surface area contributed by atoms with E-state index in [1.54, 1.807) is 12.3 Å². The molecular weight excluding hydrogens is 550 g/mol. The minimum absolute atomic E-state index is 0.241. The van der Waals surface area contributed by atoms with Crippen LogP contribution in [-0.2, 0) is 21.1 Å². The maximum absolute atomic E-state index is 12.9. The first-order valence-electron chi connectivity index (χ1n) is 14.5. The third-order valence-electron chi connectivity index (χ3n) is 8.38. The standard InChI is InChI=1S/C32H37N5O4S/c1-36-13-10-23(11-14-36)22-5-7-27(8-6-22)34-31-30-25(9-12-33-32(30)38)19-28(35-31)24-3-4-26(29(20-24)42(2,39)40)21-37-15-17-41-18-16-37/h3-9,12,19-20,23H,10-11,13-18,21H2,1-2H3,(H,33,38)(H,34,35). The fraction of sp³-hybridized carbons (Fsp3) is 0.375. The number of H-pyrrole nitrogens is 1. The summed E-state index contributed by atoms with van der Waals surface area (Å²) in [4.78, 5) is 25.4. The fourth-order valence-electron chi connectivity index (χ4n) is 5.96. The molecule has 0 unspecified atom stereocenters. The van der Waals surface area contributed by atoms with E-state index >= 15 is 0 Å². The Labute approximate surface area is 246 Å². The van der Waals surface area contributed by atoms with Gasteiger partial charge in [0.2, 0.25) is 0 Å². The molecule has 10 heteroatoms. The van der Waals surface area contributed by atoms with Crippen molar-refractivity contribution >= 4 is 32.1 Å². The van der Waals surface area contributed by atoms with Crippen LogP contribution in [0.1, 0.15) is 29.9 Å². The second-order valence-electron chi connectivity index (χ2n) is 11.4. The number of nitrogens with one attached hydrogen (secondary N) is 2. The van der Waals surface area contributed by atoms with Crippen LogP contribution in [0.5, 0.6) is 0 Å². The topological polar surface area (TPSA) is 108 Å². The highest BCUT2D eigenvalue weighted by atomic mass is 32.2. The molecule has 0 spiro atoms. The zero-order valence-electron chi connectivity index (χ0n) is 24.1. The second kappa shape index (κ2) is 12.0. The van der Waals surface area contributed by atoms with Crippen LogP contribution in [0.2, 0.25) is 0 Å². The number of sulfone groups is 1. The lowest BCUT2D eigenvalue weighted by Crippen LogP contribution is -2.36. The highest BCUT2D eigenvalue weighted by molar-refractivity contribution is 7.90. The van der Waals surface area contributed by atoms with E-state index in [1.807, 2.05) is 36.4 Å². The Hall–Kier alpha value is -3.57. The quantitative estimate of drug-likeness (QED) is 0.328. The number of fused-ring (bicyclic) bond motifs is 1. The molecule has 4 heterocycles. The largest absolute Gasteiger partial charge is 0.379 e. The molecular formula is C32H37N5O4S. The molecule has 2 N–H and O–H groups in total. The normalized spacial score (nSPS) is 17.5. The van der Waals surface area contributed by atoms with Crippen molar-refractivity contribution in [2.45, 2.75) is 30.2 Å². The Kier molecular flexibility index (Phi) is 8.13. The van der Waals surface area contributed by atoms with Crippen molar-refractivity contribution in [3.8, 4) is 11.3 Å². The Morgan fingerprint density at radius 2 is 1.74 bits per heavy atom. The molecule has 2 saturated heterocycles. The van der Waals surface area contributed by atoms with E-state index in [9.17, 15) is 13.2 Å². The molecule has 2 fully saturated rings. The van der Waals surface area contributed by atoms with Gasteiger partial charge in [0.05, 0.1) is 29.2 Å². The summed E-state index contributed by atoms with van der Waals surface area (Å²) in [5, 5.41) is 4.54. The van der Waals surface area contributed by atoms with E-state index in [4.69, 9.17) is 9.72 Å². The molecule has 0 aliphatic carbocycles. The number of nitrogens with zero attached hydrogens (tertiary/aromatic N) is 3. The van der Waals surface area contributed by atoms with E-state index in [1.165, 1.54) is 11.8 Å². The van der Waals surface area contributed by atoms with Crippen LogP contribution in [0.15, 0.2) is 70.5 Å². The third kappa shape index (κ3) is 6.27. The smallest absolute Gasteiger partial charge is 0.259 e. The highest BCUT2D eigenvalue weighted by Gasteiger charge is 2.21. The fourth-order valence-corrected chi connectivity index (χ4v) is 6.91. The Balaban J connectivity index is 1.34. The molecule has 0 atom stereocenters. The van der Waals surface area contributed by atoms with Crippen LogP contribution in [0.25, 0.3) is 22.0 Å². The number of benzene rings is 2. The Morgan fingerprint density at radius 1 is 1.00 bits per heavy atom. The third-order valence-corrected chi connectivity index (χ3v) is 9.56. The predicted octanol–water partition coefficient (Wildman–Crippen LogP) is 4.38. The molecule has 9 nitrogen and oxygen atoms in total. The van der Waals surface area contributed by atoms with Crippen LogP contribution in [0, 0.1) is 0 Å². The highest BCUT2D eigenvalue weighted by Crippen LogP contribution is 2.32. The van der Waals surface area contributed by atoms with Gasteiger partial charge in [0.15, 0.2) is 9.84 Å². The number of pyridine rings is 2. The number of aromatic amines is 1. The van der Waals surface area contributed by atoms with Crippen molar-refractivity contribution in [3.05, 3.63) is 82.3 Å². The number of piperidine rings is 1. The average Bonchev–Trinajstić information content (AvgIpc) is 2.98. The molecule has 0 radical (unpaired) electrons. The number of rotatable bonds is 7. The van der Waals surface area contributed by atoms with Crippen molar-refractivity contribution < 1.29 is 13.2 Å². The van der Waals surface area contributed by atoms with Gasteiger partial charge in [-0.15, -0.1) is 0 Å². The number of hydrogen-bond donors (Lipinski definition) is 2. The van der Waals surface area contributed by atoms with Gasteiger partial charge in [-0.05, 0) is 85.7 Å². The van der Waals surface area contributed by atoms with Crippen LogP contribution < -0.4 is 10.9 Å². The maximum Gasteiger partial charge on any atom is 0.259 e. The van der Waals surface area contributed by atoms with Gasteiger partial charge < -0.3 is 19.9 Å². The summed E-state index contributed by atoms with van der Waals surface area (Å²) in [5.41, 5.74) is 3.92. The van der Waals surface area contributed by atoms with Gasteiger partial charge in [-0.25, -0.2) is 13.4 Å². The molecule has 2 aliphatic rings. The lowest BCUT2D eigenvalue weighted by Gasteiger charge is -2.29. The molecule has 6 rings (SSSR count). The predicted molar refractivity (Wildman–Crippen MR) is 166 cm³/mol. The molecule has 42 heavy (non-hydrogen) atoms. The molecule has 0 saturated carbocycles. The van der Waals surface area contributed by atoms with Crippen LogP contribution in [0.4, 0.5) is 11.5 Å². The van der Waals surface area contributed by atoms with Crippen molar-refractivity contribution in [3.63, 3.8) is 0 Å². The van der Waals surface area contributed by atoms with Gasteiger partial charge in [-0.3, -0.25) is 9.69 Å². The minimum Gasteiger partial charge on any atom is -0.379 e. The van der Waals surface area contributed by atoms with Crippen molar-refractivity contribution in [2.24, 2.45) is 0 Å². The van der Waals surface area contributed by atoms with Crippen molar-refractivity contribution in [1.29, 1.82) is 0 Å². The lowest BCUT2D eigenvalue weighted by atomic mass is 9.89. The van der Waals surface area contributed by atoms with Gasteiger partial charge in [0.1, 0.15) is 5.82 Å². The van der Waals surface area contributed by atoms with Gasteiger partial charge in [-0.2, -0.15) is 0 Å². The van der Waals surface area contributed by atoms with Crippen LogP contribution >= 0.6 is 0 Å². The molecule has 0 amide bonds. The Morgan fingerprint density at radius 3 is 2.45 bits per heavy atom. The van der Waals surface area contributed by atoms with Crippen molar-refractivity contribution in [1.82, 2.24) is 19.8 Å². The summed E-state index contributed by atoms with van der Waals surface area (Å²) in [6, 6.07) is 17.5. The van der Waals surface area contributed by atoms with Crippen LogP contribution in [0.3, 0.4) is 0 Å². The molecule has 2 aromatic heterocycles. The summed E-state index contributed by atoms with van der Waals surface area (Å²) < 4.78 is 31.2.